The maximum atomic E-state index is 6.69. The summed E-state index contributed by atoms with van der Waals surface area (Å²) in [6, 6.07) is 68.4. The Balaban J connectivity index is 1.18. The van der Waals surface area contributed by atoms with Crippen molar-refractivity contribution in [2.75, 3.05) is 0 Å². The van der Waals surface area contributed by atoms with Gasteiger partial charge in [0.25, 0.3) is 0 Å². The molecule has 266 valence electrons. The zero-order chi connectivity index (χ0) is 37.5. The highest BCUT2D eigenvalue weighted by molar-refractivity contribution is 6.12. The van der Waals surface area contributed by atoms with Crippen LogP contribution in [0.2, 0.25) is 0 Å². The molecule has 1 spiro atoms. The van der Waals surface area contributed by atoms with E-state index in [1.807, 2.05) is 60.7 Å². The minimum absolute atomic E-state index is 0.627. The lowest BCUT2D eigenvalue weighted by Crippen LogP contribution is -2.32. The van der Waals surface area contributed by atoms with Gasteiger partial charge < -0.3 is 9.30 Å². The summed E-state index contributed by atoms with van der Waals surface area (Å²) in [4.78, 5) is 15.3. The number of benzene rings is 8. The number of hydrogen-bond donors (Lipinski definition) is 0. The lowest BCUT2D eigenvalue weighted by molar-refractivity contribution is 0.436. The van der Waals surface area contributed by atoms with Crippen molar-refractivity contribution in [2.24, 2.45) is 0 Å². The number of nitrogens with zero attached hydrogens (tertiary/aromatic N) is 4. The van der Waals surface area contributed by atoms with Crippen LogP contribution in [-0.4, -0.2) is 19.5 Å². The highest BCUT2D eigenvalue weighted by Crippen LogP contribution is 2.63. The first-order valence-corrected chi connectivity index (χ1v) is 19.3. The quantitative estimate of drug-likeness (QED) is 0.181. The van der Waals surface area contributed by atoms with E-state index < -0.39 is 5.41 Å². The summed E-state index contributed by atoms with van der Waals surface area (Å²) in [6.07, 6.45) is 0. The van der Waals surface area contributed by atoms with Crippen LogP contribution in [0.4, 0.5) is 0 Å². The van der Waals surface area contributed by atoms with Crippen molar-refractivity contribution in [1.82, 2.24) is 19.5 Å². The van der Waals surface area contributed by atoms with Gasteiger partial charge in [0.1, 0.15) is 11.5 Å². The van der Waals surface area contributed by atoms with Crippen LogP contribution in [0.15, 0.2) is 194 Å². The van der Waals surface area contributed by atoms with Crippen molar-refractivity contribution >= 4 is 21.8 Å². The van der Waals surface area contributed by atoms with Crippen LogP contribution in [0.3, 0.4) is 0 Å². The van der Waals surface area contributed by atoms with Crippen LogP contribution in [0.5, 0.6) is 11.5 Å². The van der Waals surface area contributed by atoms with Crippen LogP contribution in [0.1, 0.15) is 22.3 Å². The second kappa shape index (κ2) is 12.2. The molecule has 0 amide bonds. The van der Waals surface area contributed by atoms with Crippen molar-refractivity contribution in [3.8, 4) is 62.5 Å². The summed E-state index contributed by atoms with van der Waals surface area (Å²) >= 11 is 0. The third-order valence-electron chi connectivity index (χ3n) is 11.7. The molecule has 0 unspecified atom stereocenters. The Morgan fingerprint density at radius 2 is 0.895 bits per heavy atom. The zero-order valence-electron chi connectivity index (χ0n) is 30.7. The standard InChI is InChI=1S/C52H32N4O/c1-4-16-33(17-5-1)49-53-50(34-18-6-2-7-19-34)55-51(54-49)35-28-29-41-38(30-35)39-31-40-37-22-10-13-25-45(37)56(36-20-8-3-9-21-36)46(40)32-44(39)52(41)42-23-11-14-26-47(42)57-48-27-15-12-24-43(48)52/h1-32H. The molecule has 0 radical (unpaired) electrons. The Morgan fingerprint density at radius 3 is 1.54 bits per heavy atom. The molecule has 0 N–H and O–H groups in total. The van der Waals surface area contributed by atoms with Gasteiger partial charge in [-0.2, -0.15) is 0 Å². The van der Waals surface area contributed by atoms with Gasteiger partial charge in [-0.05, 0) is 70.8 Å². The Bertz CT molecular complexity index is 3110. The maximum absolute atomic E-state index is 6.69. The van der Waals surface area contributed by atoms with Crippen LogP contribution in [0.25, 0.3) is 72.8 Å². The van der Waals surface area contributed by atoms with E-state index in [2.05, 4.69) is 138 Å². The molecule has 5 nitrogen and oxygen atoms in total. The summed E-state index contributed by atoms with van der Waals surface area (Å²) in [5, 5.41) is 2.41. The molecule has 1 aliphatic heterocycles. The summed E-state index contributed by atoms with van der Waals surface area (Å²) in [5.74, 6) is 3.63. The van der Waals surface area contributed by atoms with Crippen molar-refractivity contribution in [2.45, 2.75) is 5.41 Å². The predicted octanol–water partition coefficient (Wildman–Crippen LogP) is 12.4. The Labute approximate surface area is 329 Å². The van der Waals surface area contributed by atoms with E-state index in [1.54, 1.807) is 0 Å². The molecule has 0 saturated carbocycles. The molecular weight excluding hydrogens is 697 g/mol. The van der Waals surface area contributed by atoms with Crippen LogP contribution in [0, 0.1) is 0 Å². The van der Waals surface area contributed by atoms with E-state index >= 15 is 0 Å². The molecule has 12 rings (SSSR count). The van der Waals surface area contributed by atoms with Crippen molar-refractivity contribution < 1.29 is 4.74 Å². The molecule has 5 heteroatoms. The fourth-order valence-electron chi connectivity index (χ4n) is 9.29. The lowest BCUT2D eigenvalue weighted by Gasteiger charge is -2.39. The zero-order valence-corrected chi connectivity index (χ0v) is 30.7. The van der Waals surface area contributed by atoms with Gasteiger partial charge in [-0.25, -0.2) is 15.0 Å². The number of rotatable bonds is 4. The SMILES string of the molecule is c1ccc(-c2nc(-c3ccccc3)nc(-c3ccc4c(c3)-c3cc5c6ccccc6n(-c6ccccc6)c5cc3C43c4ccccc4Oc4ccccc43)n2)cc1. The number of ether oxygens (including phenoxy) is 1. The first-order chi connectivity index (χ1) is 28.3. The number of aromatic nitrogens is 4. The van der Waals surface area contributed by atoms with Crippen molar-refractivity contribution in [3.05, 3.63) is 216 Å². The average Bonchev–Trinajstić information content (AvgIpc) is 3.76. The molecule has 0 fully saturated rings. The van der Waals surface area contributed by atoms with Gasteiger partial charge in [0, 0.05) is 44.3 Å². The Hall–Kier alpha value is -7.63. The van der Waals surface area contributed by atoms with Gasteiger partial charge in [-0.1, -0.05) is 146 Å². The predicted molar refractivity (Wildman–Crippen MR) is 228 cm³/mol. The summed E-state index contributed by atoms with van der Waals surface area (Å²) in [5.41, 5.74) is 12.6. The summed E-state index contributed by atoms with van der Waals surface area (Å²) in [7, 11) is 0. The monoisotopic (exact) mass is 728 g/mol. The number of para-hydroxylation sites is 4. The third-order valence-corrected chi connectivity index (χ3v) is 11.7. The van der Waals surface area contributed by atoms with Gasteiger partial charge in [0.05, 0.1) is 16.4 Å². The topological polar surface area (TPSA) is 52.8 Å². The highest BCUT2D eigenvalue weighted by atomic mass is 16.5. The van der Waals surface area contributed by atoms with E-state index in [0.29, 0.717) is 17.5 Å². The Kier molecular flexibility index (Phi) is 6.78. The maximum Gasteiger partial charge on any atom is 0.164 e. The third kappa shape index (κ3) is 4.60. The second-order valence-electron chi connectivity index (χ2n) is 14.7. The van der Waals surface area contributed by atoms with Crippen molar-refractivity contribution in [1.29, 1.82) is 0 Å². The Morgan fingerprint density at radius 1 is 0.368 bits per heavy atom. The summed E-state index contributed by atoms with van der Waals surface area (Å²) in [6.45, 7) is 0. The molecule has 2 aromatic heterocycles. The first kappa shape index (κ1) is 31.7. The molecule has 8 aromatic carbocycles. The molecule has 2 aliphatic rings. The van der Waals surface area contributed by atoms with Crippen molar-refractivity contribution in [3.63, 3.8) is 0 Å². The largest absolute Gasteiger partial charge is 0.457 e. The van der Waals surface area contributed by atoms with Crippen LogP contribution >= 0.6 is 0 Å². The van der Waals surface area contributed by atoms with Gasteiger partial charge >= 0.3 is 0 Å². The van der Waals surface area contributed by atoms with E-state index in [0.717, 1.165) is 56.1 Å². The van der Waals surface area contributed by atoms with E-state index in [9.17, 15) is 0 Å². The minimum atomic E-state index is -0.649. The second-order valence-corrected chi connectivity index (χ2v) is 14.7. The molecule has 10 aromatic rings. The molecule has 0 atom stereocenters. The van der Waals surface area contributed by atoms with Gasteiger partial charge in [0.15, 0.2) is 17.5 Å². The highest BCUT2D eigenvalue weighted by Gasteiger charge is 2.51. The molecule has 0 bridgehead atoms. The van der Waals surface area contributed by atoms with Gasteiger partial charge in [-0.3, -0.25) is 0 Å². The molecule has 0 saturated heterocycles. The van der Waals surface area contributed by atoms with E-state index in [4.69, 9.17) is 19.7 Å². The van der Waals surface area contributed by atoms with Crippen LogP contribution < -0.4 is 4.74 Å². The minimum Gasteiger partial charge on any atom is -0.457 e. The van der Waals surface area contributed by atoms with Gasteiger partial charge in [-0.15, -0.1) is 0 Å². The summed E-state index contributed by atoms with van der Waals surface area (Å²) < 4.78 is 9.10. The first-order valence-electron chi connectivity index (χ1n) is 19.3. The molecule has 57 heavy (non-hydrogen) atoms. The normalized spacial score (nSPS) is 13.2. The lowest BCUT2D eigenvalue weighted by atomic mass is 9.66. The smallest absolute Gasteiger partial charge is 0.164 e. The van der Waals surface area contributed by atoms with E-state index in [-0.39, 0.29) is 0 Å². The molecule has 3 heterocycles. The molecule has 1 aliphatic carbocycles. The number of fused-ring (bicyclic) bond motifs is 12. The molecular formula is C52H32N4O. The average molecular weight is 729 g/mol. The fraction of sp³-hybridized carbons (Fsp3) is 0.0192. The fourth-order valence-corrected chi connectivity index (χ4v) is 9.29. The van der Waals surface area contributed by atoms with E-state index in [1.165, 1.54) is 33.0 Å². The van der Waals surface area contributed by atoms with Crippen LogP contribution in [-0.2, 0) is 5.41 Å². The number of hydrogen-bond acceptors (Lipinski definition) is 4. The van der Waals surface area contributed by atoms with Gasteiger partial charge in [0.2, 0.25) is 0 Å².